The maximum atomic E-state index is 12.7. The van der Waals surface area contributed by atoms with E-state index < -0.39 is 31.1 Å². The van der Waals surface area contributed by atoms with E-state index in [2.05, 4.69) is 37.1 Å². The van der Waals surface area contributed by atoms with Crippen molar-refractivity contribution in [3.63, 3.8) is 0 Å². The summed E-state index contributed by atoms with van der Waals surface area (Å²) in [6, 6.07) is 19.5. The average Bonchev–Trinajstić information content (AvgIpc) is 4.21. The number of ether oxygens (including phenoxy) is 3. The lowest BCUT2D eigenvalue weighted by Crippen LogP contribution is -2.43. The van der Waals surface area contributed by atoms with E-state index >= 15 is 0 Å². The molecule has 4 heterocycles. The lowest BCUT2D eigenvalue weighted by Gasteiger charge is -2.32. The third kappa shape index (κ3) is 16.0. The Morgan fingerprint density at radius 1 is 0.653 bits per heavy atom. The minimum atomic E-state index is -3.50. The van der Waals surface area contributed by atoms with Crippen molar-refractivity contribution in [2.75, 3.05) is 48.1 Å². The van der Waals surface area contributed by atoms with Crippen LogP contribution in [0.3, 0.4) is 0 Å². The van der Waals surface area contributed by atoms with Crippen molar-refractivity contribution in [2.24, 2.45) is 0 Å². The van der Waals surface area contributed by atoms with Crippen LogP contribution in [0.25, 0.3) is 0 Å². The second-order valence-electron chi connectivity index (χ2n) is 18.1. The number of hydrogen-bond acceptors (Lipinski definition) is 14. The highest BCUT2D eigenvalue weighted by Gasteiger charge is 2.27. The number of non-ortho nitro benzene ring substituents is 1. The number of piperidine rings is 2. The number of sulfonamides is 2. The molecule has 2 saturated carbocycles. The van der Waals surface area contributed by atoms with Crippen molar-refractivity contribution in [1.29, 1.82) is 0 Å². The lowest BCUT2D eigenvalue weighted by molar-refractivity contribution is -0.384. The van der Waals surface area contributed by atoms with Crippen LogP contribution in [-0.2, 0) is 20.0 Å². The number of anilines is 2. The highest BCUT2D eigenvalue weighted by molar-refractivity contribution is 7.92. The summed E-state index contributed by atoms with van der Waals surface area (Å²) in [4.78, 5) is 36.1. The van der Waals surface area contributed by atoms with Crippen molar-refractivity contribution in [3.8, 4) is 17.2 Å². The Bertz CT molecular complexity index is 2880. The standard InChI is InChI=1S/C21H27ClN4O4S.C16H22ClNO.C11H10N4O6S/c1-31(28,29)24-20-10-13-26(23-20)21(27)25-11-8-16(9-12-25)30-17-6-7-19(22)18(14-17)15-4-2-3-5-15;17-16-6-5-14(19-13-7-9-18-10-8-13)11-15(16)12-3-1-2-4-12;1-22(19,20)13-10-6-7-14(12-10)11(16)21-9-4-2-8(3-5-9)15(17)18/h6-7,10,13-16H,2-5,8-9,11-12H2,1H3,(H,23,24);5-6,11-13,18H,1-4,7-10H2;2-7H,1H3,(H,12,13). The third-order valence-electron chi connectivity index (χ3n) is 12.5. The number of carbonyl (C=O) groups is 2. The summed E-state index contributed by atoms with van der Waals surface area (Å²) < 4.78 is 68.2. The SMILES string of the molecule is CS(=O)(=O)Nc1ccn(C(=O)N2CCC(Oc3ccc(Cl)c(C4CCCC4)c3)CC2)n1.CS(=O)(=O)Nc1ccn(C(=O)Oc2ccc([N+](=O)[O-])cc2)n1.Clc1ccc(OC2CCNCC2)cc1C1CCCC1. The van der Waals surface area contributed by atoms with Crippen LogP contribution in [0.5, 0.6) is 17.2 Å². The molecule has 0 bridgehead atoms. The number of carbonyl (C=O) groups excluding carboxylic acids is 2. The Morgan fingerprint density at radius 3 is 1.57 bits per heavy atom. The van der Waals surface area contributed by atoms with Crippen molar-refractivity contribution < 1.29 is 45.6 Å². The highest BCUT2D eigenvalue weighted by atomic mass is 35.5. The largest absolute Gasteiger partial charge is 0.490 e. The topological polar surface area (TPSA) is 248 Å². The first-order valence-corrected chi connectivity index (χ1v) is 28.4. The number of amides is 1. The first-order valence-electron chi connectivity index (χ1n) is 23.8. The summed E-state index contributed by atoms with van der Waals surface area (Å²) in [5.74, 6) is 3.16. The average molecular weight is 1070 g/mol. The summed E-state index contributed by atoms with van der Waals surface area (Å²) >= 11 is 12.8. The molecule has 20 nitrogen and oxygen atoms in total. The van der Waals surface area contributed by atoms with Gasteiger partial charge in [0.05, 0.1) is 17.4 Å². The molecule has 2 aromatic heterocycles. The molecule has 388 valence electrons. The van der Waals surface area contributed by atoms with Gasteiger partial charge in [-0.05, 0) is 123 Å². The summed E-state index contributed by atoms with van der Waals surface area (Å²) in [5.41, 5.74) is 2.34. The molecular formula is C48H59Cl2N9O11S2. The molecule has 2 aliphatic carbocycles. The van der Waals surface area contributed by atoms with E-state index in [-0.39, 0.29) is 35.2 Å². The fourth-order valence-electron chi connectivity index (χ4n) is 9.03. The highest BCUT2D eigenvalue weighted by Crippen LogP contribution is 2.41. The van der Waals surface area contributed by atoms with Crippen molar-refractivity contribution in [3.05, 3.63) is 116 Å². The Kier molecular flexibility index (Phi) is 18.4. The lowest BCUT2D eigenvalue weighted by atomic mass is 9.97. The van der Waals surface area contributed by atoms with Gasteiger partial charge < -0.3 is 24.4 Å². The van der Waals surface area contributed by atoms with E-state index in [1.54, 1.807) is 4.90 Å². The van der Waals surface area contributed by atoms with Crippen LogP contribution in [0.4, 0.5) is 26.9 Å². The summed E-state index contributed by atoms with van der Waals surface area (Å²) in [6.45, 7) is 3.21. The van der Waals surface area contributed by atoms with Gasteiger partial charge in [-0.25, -0.2) is 26.4 Å². The minimum Gasteiger partial charge on any atom is -0.490 e. The number of nitrogens with zero attached hydrogens (tertiary/aromatic N) is 6. The zero-order valence-electron chi connectivity index (χ0n) is 40.0. The van der Waals surface area contributed by atoms with Crippen molar-refractivity contribution >= 4 is 72.7 Å². The van der Waals surface area contributed by atoms with Crippen LogP contribution >= 0.6 is 23.2 Å². The molecule has 0 unspecified atom stereocenters. The van der Waals surface area contributed by atoms with E-state index in [1.807, 2.05) is 24.3 Å². The Balaban J connectivity index is 0.000000164. The number of aromatic nitrogens is 4. The van der Waals surface area contributed by atoms with Gasteiger partial charge in [-0.1, -0.05) is 48.9 Å². The number of benzene rings is 3. The van der Waals surface area contributed by atoms with Gasteiger partial charge in [0.2, 0.25) is 20.0 Å². The van der Waals surface area contributed by atoms with Crippen LogP contribution in [0.15, 0.2) is 85.2 Å². The van der Waals surface area contributed by atoms with Crippen LogP contribution in [0, 0.1) is 10.1 Å². The molecule has 2 saturated heterocycles. The zero-order chi connectivity index (χ0) is 51.4. The van der Waals surface area contributed by atoms with Gasteiger partial charge in [0.1, 0.15) is 29.5 Å². The van der Waals surface area contributed by atoms with Gasteiger partial charge in [0.25, 0.3) is 5.69 Å². The number of nitro groups is 1. The van der Waals surface area contributed by atoms with Crippen LogP contribution in [-0.4, -0.2) is 109 Å². The maximum Gasteiger partial charge on any atom is 0.440 e. The van der Waals surface area contributed by atoms with Gasteiger partial charge in [-0.2, -0.15) is 9.36 Å². The second-order valence-corrected chi connectivity index (χ2v) is 22.5. The zero-order valence-corrected chi connectivity index (χ0v) is 43.1. The molecule has 4 fully saturated rings. The number of likely N-dealkylation sites (tertiary alicyclic amines) is 1. The van der Waals surface area contributed by atoms with Crippen molar-refractivity contribution in [2.45, 2.75) is 101 Å². The van der Waals surface area contributed by atoms with Crippen molar-refractivity contribution in [1.82, 2.24) is 29.8 Å². The van der Waals surface area contributed by atoms with E-state index in [0.717, 1.165) is 69.4 Å². The number of halogens is 2. The normalized spacial score (nSPS) is 17.0. The van der Waals surface area contributed by atoms with Gasteiger partial charge in [0.15, 0.2) is 11.6 Å². The van der Waals surface area contributed by atoms with E-state index in [1.165, 1.54) is 111 Å². The van der Waals surface area contributed by atoms with Gasteiger partial charge >= 0.3 is 12.1 Å². The number of rotatable bonds is 12. The molecule has 4 aliphatic rings. The second kappa shape index (κ2) is 24.7. The van der Waals surface area contributed by atoms with E-state index in [4.69, 9.17) is 37.4 Å². The van der Waals surface area contributed by atoms with Crippen LogP contribution in [0.2, 0.25) is 10.0 Å². The minimum absolute atomic E-state index is 0.0294. The maximum absolute atomic E-state index is 12.7. The fraction of sp³-hybridized carbons (Fsp3) is 0.458. The Labute approximate surface area is 428 Å². The Morgan fingerprint density at radius 2 is 1.10 bits per heavy atom. The number of nitrogens with one attached hydrogen (secondary N) is 3. The molecular weight excluding hydrogens is 1010 g/mol. The van der Waals surface area contributed by atoms with E-state index in [9.17, 15) is 36.5 Å². The quantitative estimate of drug-likeness (QED) is 0.0778. The smallest absolute Gasteiger partial charge is 0.440 e. The molecule has 24 heteroatoms. The first-order chi connectivity index (χ1) is 34.4. The summed E-state index contributed by atoms with van der Waals surface area (Å²) in [6.07, 6.45) is 17.8. The molecule has 0 atom stereocenters. The molecule has 72 heavy (non-hydrogen) atoms. The first kappa shape index (κ1) is 53.8. The Hall–Kier alpha value is -5.94. The molecule has 3 aromatic carbocycles. The molecule has 0 radical (unpaired) electrons. The summed E-state index contributed by atoms with van der Waals surface area (Å²) in [7, 11) is -6.94. The van der Waals surface area contributed by atoms with Crippen LogP contribution in [0.1, 0.15) is 100 Å². The fourth-order valence-corrected chi connectivity index (χ4v) is 10.5. The van der Waals surface area contributed by atoms with Gasteiger partial charge in [0, 0.05) is 72.6 Å². The van der Waals surface area contributed by atoms with Gasteiger partial charge in [-0.15, -0.1) is 10.2 Å². The molecule has 2 aliphatic heterocycles. The predicted molar refractivity (Wildman–Crippen MR) is 274 cm³/mol. The summed E-state index contributed by atoms with van der Waals surface area (Å²) in [5, 5.41) is 23.3. The third-order valence-corrected chi connectivity index (χ3v) is 14.4. The molecule has 0 spiro atoms. The molecule has 3 N–H and O–H groups in total. The molecule has 1 amide bonds. The molecule has 9 rings (SSSR count). The predicted octanol–water partition coefficient (Wildman–Crippen LogP) is 9.42. The van der Waals surface area contributed by atoms with E-state index in [0.29, 0.717) is 43.9 Å². The monoisotopic (exact) mass is 1070 g/mol. The van der Waals surface area contributed by atoms with Gasteiger partial charge in [-0.3, -0.25) is 19.6 Å². The molecule has 5 aromatic rings. The number of nitro benzene ring substituents is 1. The number of hydrogen-bond donors (Lipinski definition) is 3. The van der Waals surface area contributed by atoms with Crippen LogP contribution < -0.4 is 29.0 Å².